The second-order valence-electron chi connectivity index (χ2n) is 4.54. The highest BCUT2D eigenvalue weighted by Crippen LogP contribution is 2.24. The van der Waals surface area contributed by atoms with Gasteiger partial charge in [0, 0.05) is 0 Å². The molecule has 0 atom stereocenters. The highest BCUT2D eigenvalue weighted by Gasteiger charge is 2.21. The minimum absolute atomic E-state index is 0.0763. The molecule has 9 heteroatoms. The highest BCUT2D eigenvalue weighted by atomic mass is 32.2. The lowest BCUT2D eigenvalue weighted by molar-refractivity contribution is 0.0599. The molecular formula is C15H12O8S. The van der Waals surface area contributed by atoms with Crippen LogP contribution in [0.5, 0.6) is 11.5 Å². The number of carbonyl (C=O) groups is 2. The lowest BCUT2D eigenvalue weighted by Gasteiger charge is -2.09. The monoisotopic (exact) mass is 352 g/mol. The van der Waals surface area contributed by atoms with Gasteiger partial charge >= 0.3 is 22.1 Å². The minimum Gasteiger partial charge on any atom is -0.507 e. The summed E-state index contributed by atoms with van der Waals surface area (Å²) in [6.07, 6.45) is 0. The standard InChI is InChI=1S/C15H12O8S/c1-22-15(19)9-2-4-10(5-3-9)23-24(20,21)11-6-7-13(16)12(8-11)14(17)18/h2-8,16H,1H3,(H,17,18). The predicted octanol–water partition coefficient (Wildman–Crippen LogP) is 1.64. The molecule has 0 aliphatic carbocycles. The third-order valence-corrected chi connectivity index (χ3v) is 4.21. The van der Waals surface area contributed by atoms with Gasteiger partial charge < -0.3 is 19.1 Å². The van der Waals surface area contributed by atoms with Crippen LogP contribution in [0.25, 0.3) is 0 Å². The first-order valence-electron chi connectivity index (χ1n) is 6.44. The minimum atomic E-state index is -4.32. The Kier molecular flexibility index (Phi) is 4.74. The summed E-state index contributed by atoms with van der Waals surface area (Å²) in [5.41, 5.74) is -0.360. The van der Waals surface area contributed by atoms with Gasteiger partial charge in [-0.25, -0.2) is 9.59 Å². The van der Waals surface area contributed by atoms with E-state index in [-0.39, 0.29) is 11.3 Å². The molecule has 0 unspecified atom stereocenters. The van der Waals surface area contributed by atoms with Gasteiger partial charge in [0.15, 0.2) is 0 Å². The van der Waals surface area contributed by atoms with E-state index in [2.05, 4.69) is 4.74 Å². The van der Waals surface area contributed by atoms with Gasteiger partial charge in [-0.3, -0.25) is 0 Å². The van der Waals surface area contributed by atoms with Crippen molar-refractivity contribution in [2.45, 2.75) is 4.90 Å². The summed E-state index contributed by atoms with van der Waals surface area (Å²) < 4.78 is 33.7. The van der Waals surface area contributed by atoms with Crippen LogP contribution in [-0.2, 0) is 14.9 Å². The van der Waals surface area contributed by atoms with Crippen molar-refractivity contribution in [3.05, 3.63) is 53.6 Å². The van der Waals surface area contributed by atoms with Gasteiger partial charge in [0.2, 0.25) is 0 Å². The van der Waals surface area contributed by atoms with Crippen molar-refractivity contribution in [3.8, 4) is 11.5 Å². The van der Waals surface area contributed by atoms with E-state index in [1.165, 1.54) is 31.4 Å². The molecule has 2 N–H and O–H groups in total. The van der Waals surface area contributed by atoms with E-state index in [0.717, 1.165) is 18.2 Å². The second-order valence-corrected chi connectivity index (χ2v) is 6.08. The number of hydrogen-bond acceptors (Lipinski definition) is 7. The number of phenols is 1. The van der Waals surface area contributed by atoms with Crippen LogP contribution in [0.15, 0.2) is 47.4 Å². The largest absolute Gasteiger partial charge is 0.507 e. The third-order valence-electron chi connectivity index (χ3n) is 2.97. The first-order valence-corrected chi connectivity index (χ1v) is 7.84. The van der Waals surface area contributed by atoms with Gasteiger partial charge in [0.25, 0.3) is 0 Å². The molecule has 8 nitrogen and oxygen atoms in total. The number of carbonyl (C=O) groups excluding carboxylic acids is 1. The van der Waals surface area contributed by atoms with Crippen molar-refractivity contribution >= 4 is 22.1 Å². The Hall–Kier alpha value is -3.07. The van der Waals surface area contributed by atoms with E-state index in [9.17, 15) is 23.1 Å². The average molecular weight is 352 g/mol. The molecular weight excluding hydrogens is 340 g/mol. The number of carboxylic acids is 1. The molecule has 0 bridgehead atoms. The zero-order valence-corrected chi connectivity index (χ0v) is 13.1. The van der Waals surface area contributed by atoms with Gasteiger partial charge in [0.1, 0.15) is 22.0 Å². The molecule has 2 aromatic carbocycles. The van der Waals surface area contributed by atoms with E-state index < -0.39 is 38.3 Å². The molecule has 0 aromatic heterocycles. The fourth-order valence-corrected chi connectivity index (χ4v) is 2.74. The molecule has 0 radical (unpaired) electrons. The second kappa shape index (κ2) is 6.59. The Morgan fingerprint density at radius 1 is 1.04 bits per heavy atom. The van der Waals surface area contributed by atoms with Gasteiger partial charge in [0.05, 0.1) is 12.7 Å². The van der Waals surface area contributed by atoms with Gasteiger partial charge in [-0.1, -0.05) is 0 Å². The maximum atomic E-state index is 12.2. The average Bonchev–Trinajstić information content (AvgIpc) is 2.54. The molecule has 0 saturated heterocycles. The molecule has 2 rings (SSSR count). The fourth-order valence-electron chi connectivity index (χ4n) is 1.78. The first kappa shape index (κ1) is 17.3. The summed E-state index contributed by atoms with van der Waals surface area (Å²) in [6.45, 7) is 0. The zero-order chi connectivity index (χ0) is 17.9. The number of methoxy groups -OCH3 is 1. The predicted molar refractivity (Wildman–Crippen MR) is 80.7 cm³/mol. The van der Waals surface area contributed by atoms with E-state index in [0.29, 0.717) is 0 Å². The van der Waals surface area contributed by atoms with Crippen molar-refractivity contribution < 1.29 is 37.1 Å². The van der Waals surface area contributed by atoms with Crippen LogP contribution in [0.2, 0.25) is 0 Å². The molecule has 0 fully saturated rings. The topological polar surface area (TPSA) is 127 Å². The molecule has 0 spiro atoms. The molecule has 0 aliphatic rings. The molecule has 0 saturated carbocycles. The van der Waals surface area contributed by atoms with E-state index in [4.69, 9.17) is 9.29 Å². The molecule has 2 aromatic rings. The van der Waals surface area contributed by atoms with Crippen LogP contribution in [0.4, 0.5) is 0 Å². The van der Waals surface area contributed by atoms with Crippen molar-refractivity contribution in [1.82, 2.24) is 0 Å². The maximum Gasteiger partial charge on any atom is 0.339 e. The van der Waals surface area contributed by atoms with Crippen molar-refractivity contribution in [3.63, 3.8) is 0 Å². The Bertz CT molecular complexity index is 884. The molecule has 0 amide bonds. The van der Waals surface area contributed by atoms with Gasteiger partial charge in [-0.05, 0) is 42.5 Å². The van der Waals surface area contributed by atoms with Crippen LogP contribution in [-0.4, -0.2) is 37.7 Å². The Morgan fingerprint density at radius 2 is 1.67 bits per heavy atom. The number of ether oxygens (including phenoxy) is 1. The molecule has 126 valence electrons. The highest BCUT2D eigenvalue weighted by molar-refractivity contribution is 7.87. The molecule has 24 heavy (non-hydrogen) atoms. The number of benzene rings is 2. The third kappa shape index (κ3) is 3.63. The van der Waals surface area contributed by atoms with Crippen LogP contribution < -0.4 is 4.18 Å². The van der Waals surface area contributed by atoms with Crippen LogP contribution in [0.1, 0.15) is 20.7 Å². The van der Waals surface area contributed by atoms with Crippen LogP contribution >= 0.6 is 0 Å². The lowest BCUT2D eigenvalue weighted by atomic mass is 10.2. The summed E-state index contributed by atoms with van der Waals surface area (Å²) in [4.78, 5) is 21.8. The van der Waals surface area contributed by atoms with Gasteiger partial charge in [-0.2, -0.15) is 8.42 Å². The Balaban J connectivity index is 2.30. The summed E-state index contributed by atoms with van der Waals surface area (Å²) in [6, 6.07) is 7.88. The van der Waals surface area contributed by atoms with E-state index in [1.54, 1.807) is 0 Å². The van der Waals surface area contributed by atoms with Crippen molar-refractivity contribution in [1.29, 1.82) is 0 Å². The summed E-state index contributed by atoms with van der Waals surface area (Å²) in [5.74, 6) is -2.71. The van der Waals surface area contributed by atoms with Crippen molar-refractivity contribution in [2.75, 3.05) is 7.11 Å². The number of rotatable bonds is 5. The number of carboxylic acid groups (broad SMARTS) is 1. The molecule has 0 heterocycles. The quantitative estimate of drug-likeness (QED) is 0.614. The first-order chi connectivity index (χ1) is 11.2. The smallest absolute Gasteiger partial charge is 0.339 e. The number of aromatic carboxylic acids is 1. The van der Waals surface area contributed by atoms with Crippen molar-refractivity contribution in [2.24, 2.45) is 0 Å². The SMILES string of the molecule is COC(=O)c1ccc(OS(=O)(=O)c2ccc(O)c(C(=O)O)c2)cc1. The summed E-state index contributed by atoms with van der Waals surface area (Å²) in [5, 5.41) is 18.3. The summed E-state index contributed by atoms with van der Waals surface area (Å²) >= 11 is 0. The van der Waals surface area contributed by atoms with E-state index in [1.807, 2.05) is 0 Å². The number of hydrogen-bond donors (Lipinski definition) is 2. The fraction of sp³-hybridized carbons (Fsp3) is 0.0667. The number of esters is 1. The molecule has 0 aliphatic heterocycles. The Morgan fingerprint density at radius 3 is 2.21 bits per heavy atom. The lowest BCUT2D eigenvalue weighted by Crippen LogP contribution is -2.11. The normalized spacial score (nSPS) is 10.9. The van der Waals surface area contributed by atoms with Crippen LogP contribution in [0.3, 0.4) is 0 Å². The maximum absolute atomic E-state index is 12.2. The van der Waals surface area contributed by atoms with Crippen LogP contribution in [0, 0.1) is 0 Å². The van der Waals surface area contributed by atoms with Gasteiger partial charge in [-0.15, -0.1) is 0 Å². The number of aromatic hydroxyl groups is 1. The van der Waals surface area contributed by atoms with E-state index >= 15 is 0 Å². The summed E-state index contributed by atoms with van der Waals surface area (Å²) in [7, 11) is -3.11. The Labute approximate surface area is 137 Å². The zero-order valence-electron chi connectivity index (χ0n) is 12.3.